The minimum absolute atomic E-state index is 0.420. The molecule has 0 bridgehead atoms. The van der Waals surface area contributed by atoms with Crippen molar-refractivity contribution in [2.24, 2.45) is 0 Å². The van der Waals surface area contributed by atoms with Gasteiger partial charge in [-0.3, -0.25) is 0 Å². The predicted molar refractivity (Wildman–Crippen MR) is 230 cm³/mol. The molecule has 0 saturated heterocycles. The summed E-state index contributed by atoms with van der Waals surface area (Å²) in [7, 11) is 0. The number of fused-ring (bicyclic) bond motifs is 6. The molecule has 0 heterocycles. The number of ether oxygens (including phenoxy) is 4. The molecule has 6 heteroatoms. The SMILES string of the molecule is O=C(Oc1cccc2c1C1(CC2)CCc2cccc(OC(=O)c3ccc4cc(OCc5ccccc5)ccc4c3)c21)c1ccc2cc(OCc3ccccc3)ccc2c1. The van der Waals surface area contributed by atoms with Gasteiger partial charge in [0.05, 0.1) is 11.1 Å². The number of hydrogen-bond donors (Lipinski definition) is 0. The molecule has 6 nitrogen and oxygen atoms in total. The zero-order valence-corrected chi connectivity index (χ0v) is 32.4. The molecular weight excluding hydrogens is 733 g/mol. The molecule has 0 unspecified atom stereocenters. The van der Waals surface area contributed by atoms with Crippen LogP contribution in [0, 0.1) is 0 Å². The molecule has 2 aliphatic rings. The lowest BCUT2D eigenvalue weighted by Gasteiger charge is -2.29. The molecule has 10 rings (SSSR count). The van der Waals surface area contributed by atoms with Crippen LogP contribution in [0.1, 0.15) is 66.9 Å². The number of carbonyl (C=O) groups is 2. The average molecular weight is 773 g/mol. The van der Waals surface area contributed by atoms with Gasteiger partial charge >= 0.3 is 11.9 Å². The highest BCUT2D eigenvalue weighted by molar-refractivity contribution is 5.98. The second-order valence-corrected chi connectivity index (χ2v) is 15.4. The van der Waals surface area contributed by atoms with Crippen molar-refractivity contribution < 1.29 is 28.5 Å². The molecule has 0 atom stereocenters. The first-order chi connectivity index (χ1) is 29.0. The molecule has 0 aliphatic heterocycles. The van der Waals surface area contributed by atoms with Crippen molar-refractivity contribution in [1.29, 1.82) is 0 Å². The van der Waals surface area contributed by atoms with Crippen LogP contribution in [-0.2, 0) is 31.5 Å². The second kappa shape index (κ2) is 15.3. The van der Waals surface area contributed by atoms with E-state index in [1.807, 2.05) is 146 Å². The molecule has 0 saturated carbocycles. The lowest BCUT2D eigenvalue weighted by atomic mass is 9.76. The van der Waals surface area contributed by atoms with Gasteiger partial charge in [-0.25, -0.2) is 9.59 Å². The Balaban J connectivity index is 0.881. The minimum atomic E-state index is -0.461. The van der Waals surface area contributed by atoms with E-state index in [4.69, 9.17) is 18.9 Å². The Morgan fingerprint density at radius 1 is 0.441 bits per heavy atom. The van der Waals surface area contributed by atoms with E-state index in [1.54, 1.807) is 12.1 Å². The summed E-state index contributed by atoms with van der Waals surface area (Å²) in [6.45, 7) is 0.957. The highest BCUT2D eigenvalue weighted by Crippen LogP contribution is 2.57. The van der Waals surface area contributed by atoms with Crippen LogP contribution < -0.4 is 18.9 Å². The topological polar surface area (TPSA) is 71.1 Å². The Kier molecular flexibility index (Phi) is 9.38. The van der Waals surface area contributed by atoms with Gasteiger partial charge in [0.1, 0.15) is 36.2 Å². The molecule has 59 heavy (non-hydrogen) atoms. The van der Waals surface area contributed by atoms with Crippen LogP contribution in [0.3, 0.4) is 0 Å². The summed E-state index contributed by atoms with van der Waals surface area (Å²) >= 11 is 0. The fourth-order valence-electron chi connectivity index (χ4n) is 8.95. The molecule has 2 aliphatic carbocycles. The molecule has 0 aromatic heterocycles. The first-order valence-corrected chi connectivity index (χ1v) is 20.1. The van der Waals surface area contributed by atoms with Crippen LogP contribution in [0.2, 0.25) is 0 Å². The lowest BCUT2D eigenvalue weighted by molar-refractivity contribution is 0.0726. The maximum absolute atomic E-state index is 13.9. The molecule has 8 aromatic rings. The summed E-state index contributed by atoms with van der Waals surface area (Å²) in [6.07, 6.45) is 3.31. The van der Waals surface area contributed by atoms with Crippen LogP contribution in [0.25, 0.3) is 21.5 Å². The normalized spacial score (nSPS) is 13.6. The number of aryl methyl sites for hydroxylation is 2. The summed E-state index contributed by atoms with van der Waals surface area (Å²) in [4.78, 5) is 27.8. The summed E-state index contributed by atoms with van der Waals surface area (Å²) in [5.41, 5.74) is 6.97. The van der Waals surface area contributed by atoms with Gasteiger partial charge in [0, 0.05) is 16.5 Å². The summed E-state index contributed by atoms with van der Waals surface area (Å²) in [5.74, 6) is 1.78. The fraction of sp³-hybridized carbons (Fsp3) is 0.132. The highest BCUT2D eigenvalue weighted by Gasteiger charge is 2.49. The van der Waals surface area contributed by atoms with Gasteiger partial charge in [0.15, 0.2) is 0 Å². The van der Waals surface area contributed by atoms with Crippen molar-refractivity contribution in [2.45, 2.75) is 44.3 Å². The quantitative estimate of drug-likeness (QED) is 0.102. The minimum Gasteiger partial charge on any atom is -0.489 e. The molecule has 0 fully saturated rings. The van der Waals surface area contributed by atoms with Crippen LogP contribution >= 0.6 is 0 Å². The largest absolute Gasteiger partial charge is 0.489 e. The number of rotatable bonds is 10. The molecule has 0 radical (unpaired) electrons. The molecule has 8 aromatic carbocycles. The third-order valence-electron chi connectivity index (χ3n) is 11.8. The highest BCUT2D eigenvalue weighted by atomic mass is 16.5. The lowest BCUT2D eigenvalue weighted by Crippen LogP contribution is -2.24. The van der Waals surface area contributed by atoms with Crippen molar-refractivity contribution in [2.75, 3.05) is 0 Å². The average Bonchev–Trinajstić information content (AvgIpc) is 3.86. The number of benzene rings is 8. The summed E-state index contributed by atoms with van der Waals surface area (Å²) in [5, 5.41) is 3.78. The molecule has 0 N–H and O–H groups in total. The van der Waals surface area contributed by atoms with Gasteiger partial charge in [-0.15, -0.1) is 0 Å². The van der Waals surface area contributed by atoms with E-state index in [9.17, 15) is 9.59 Å². The van der Waals surface area contributed by atoms with Crippen molar-refractivity contribution in [3.63, 3.8) is 0 Å². The molecular formula is C53H40O6. The maximum Gasteiger partial charge on any atom is 0.343 e. The first kappa shape index (κ1) is 36.2. The Morgan fingerprint density at radius 2 is 0.864 bits per heavy atom. The smallest absolute Gasteiger partial charge is 0.343 e. The van der Waals surface area contributed by atoms with Crippen molar-refractivity contribution in [3.05, 3.63) is 214 Å². The second-order valence-electron chi connectivity index (χ2n) is 15.4. The summed E-state index contributed by atoms with van der Waals surface area (Å²) in [6, 6.07) is 55.0. The molecule has 0 amide bonds. The zero-order chi connectivity index (χ0) is 39.8. The first-order valence-electron chi connectivity index (χ1n) is 20.1. The van der Waals surface area contributed by atoms with Crippen molar-refractivity contribution >= 4 is 33.5 Å². The zero-order valence-electron chi connectivity index (χ0n) is 32.4. The van der Waals surface area contributed by atoms with E-state index in [0.717, 1.165) is 92.1 Å². The maximum atomic E-state index is 13.9. The van der Waals surface area contributed by atoms with E-state index in [0.29, 0.717) is 35.8 Å². The Hall–Kier alpha value is -7.18. The molecule has 1 spiro atoms. The summed E-state index contributed by atoms with van der Waals surface area (Å²) < 4.78 is 24.7. The van der Waals surface area contributed by atoms with Crippen molar-refractivity contribution in [3.8, 4) is 23.0 Å². The van der Waals surface area contributed by atoms with Crippen LogP contribution in [0.15, 0.2) is 170 Å². The van der Waals surface area contributed by atoms with E-state index in [1.165, 1.54) is 0 Å². The van der Waals surface area contributed by atoms with E-state index >= 15 is 0 Å². The number of esters is 2. The van der Waals surface area contributed by atoms with Crippen LogP contribution in [0.4, 0.5) is 0 Å². The Labute approximate surface area is 342 Å². The van der Waals surface area contributed by atoms with Crippen molar-refractivity contribution in [1.82, 2.24) is 0 Å². The van der Waals surface area contributed by atoms with Gasteiger partial charge in [-0.05, 0) is 130 Å². The standard InChI is InChI=1S/C53H40O6/c54-51(43-19-17-41-31-45(23-21-39(41)29-43)56-33-35-9-3-1-4-10-35)58-47-15-7-13-37-25-27-53(49(37)47)28-26-38-14-8-16-48(50(38)53)59-52(55)44-20-18-42-32-46(24-22-40(42)30-44)57-34-36-11-5-2-6-12-36/h1-24,29-32H,25-28,33-34H2. The van der Waals surface area contributed by atoms with Gasteiger partial charge in [0.25, 0.3) is 0 Å². The van der Waals surface area contributed by atoms with Gasteiger partial charge in [-0.2, -0.15) is 0 Å². The Morgan fingerprint density at radius 3 is 1.32 bits per heavy atom. The number of carbonyl (C=O) groups excluding carboxylic acids is 2. The van der Waals surface area contributed by atoms with Crippen LogP contribution in [0.5, 0.6) is 23.0 Å². The predicted octanol–water partition coefficient (Wildman–Crippen LogP) is 11.8. The van der Waals surface area contributed by atoms with Crippen LogP contribution in [-0.4, -0.2) is 11.9 Å². The monoisotopic (exact) mass is 772 g/mol. The van der Waals surface area contributed by atoms with E-state index < -0.39 is 17.4 Å². The van der Waals surface area contributed by atoms with E-state index in [2.05, 4.69) is 12.1 Å². The fourth-order valence-corrected chi connectivity index (χ4v) is 8.95. The van der Waals surface area contributed by atoms with Gasteiger partial charge in [0.2, 0.25) is 0 Å². The Bertz CT molecular complexity index is 2680. The third kappa shape index (κ3) is 7.08. The number of hydrogen-bond acceptors (Lipinski definition) is 6. The third-order valence-corrected chi connectivity index (χ3v) is 11.8. The molecule has 288 valence electrons. The van der Waals surface area contributed by atoms with Gasteiger partial charge in [-0.1, -0.05) is 109 Å². The van der Waals surface area contributed by atoms with Gasteiger partial charge < -0.3 is 18.9 Å². The van der Waals surface area contributed by atoms with E-state index in [-0.39, 0.29) is 0 Å².